The highest BCUT2D eigenvalue weighted by Gasteiger charge is 2.44. The van der Waals surface area contributed by atoms with Crippen molar-refractivity contribution in [2.24, 2.45) is 11.8 Å². The summed E-state index contributed by atoms with van der Waals surface area (Å²) in [5.74, 6) is 0.382. The van der Waals surface area contributed by atoms with Crippen LogP contribution >= 0.6 is 11.6 Å². The van der Waals surface area contributed by atoms with E-state index >= 15 is 0 Å². The van der Waals surface area contributed by atoms with E-state index in [-0.39, 0.29) is 24.1 Å². The molecule has 1 aliphatic carbocycles. The second-order valence-corrected chi connectivity index (χ2v) is 7.90. The summed E-state index contributed by atoms with van der Waals surface area (Å²) in [4.78, 5) is 0. The molecular formula is C21H26ClFN2O. The van der Waals surface area contributed by atoms with Crippen LogP contribution in [0.25, 0.3) is 0 Å². The van der Waals surface area contributed by atoms with Gasteiger partial charge in [-0.15, -0.1) is 0 Å². The van der Waals surface area contributed by atoms with Gasteiger partial charge in [0.15, 0.2) is 0 Å². The number of likely N-dealkylation sites (N-methyl/N-ethyl adjacent to an activating group) is 1. The third-order valence-electron chi connectivity index (χ3n) is 5.81. The summed E-state index contributed by atoms with van der Waals surface area (Å²) in [6, 6.07) is 3.43. The van der Waals surface area contributed by atoms with E-state index in [1.807, 2.05) is 6.07 Å². The molecule has 1 aromatic rings. The van der Waals surface area contributed by atoms with Gasteiger partial charge in [0.2, 0.25) is 0 Å². The number of nitrogens with one attached hydrogen (secondary N) is 2. The van der Waals surface area contributed by atoms with E-state index in [0.29, 0.717) is 22.5 Å². The monoisotopic (exact) mass is 376 g/mol. The fourth-order valence-corrected chi connectivity index (χ4v) is 4.78. The zero-order valence-electron chi connectivity index (χ0n) is 15.1. The molecule has 4 rings (SSSR count). The molecular weight excluding hydrogens is 351 g/mol. The lowest BCUT2D eigenvalue weighted by molar-refractivity contribution is -0.0939. The third-order valence-corrected chi connectivity index (χ3v) is 6.03. The number of halogens is 2. The van der Waals surface area contributed by atoms with Crippen LogP contribution in [0.5, 0.6) is 0 Å². The Morgan fingerprint density at radius 3 is 2.96 bits per heavy atom. The van der Waals surface area contributed by atoms with Crippen molar-refractivity contribution in [3.63, 3.8) is 0 Å². The van der Waals surface area contributed by atoms with E-state index in [0.717, 1.165) is 37.9 Å². The number of ether oxygens (including phenoxy) is 1. The van der Waals surface area contributed by atoms with Crippen molar-refractivity contribution in [1.82, 2.24) is 5.32 Å². The van der Waals surface area contributed by atoms with Crippen LogP contribution < -0.4 is 10.6 Å². The molecule has 1 unspecified atom stereocenters. The Morgan fingerprint density at radius 1 is 1.31 bits per heavy atom. The predicted molar refractivity (Wildman–Crippen MR) is 104 cm³/mol. The topological polar surface area (TPSA) is 33.3 Å². The second-order valence-electron chi connectivity index (χ2n) is 7.46. The summed E-state index contributed by atoms with van der Waals surface area (Å²) >= 11 is 6.16. The highest BCUT2D eigenvalue weighted by molar-refractivity contribution is 6.30. The molecule has 1 fully saturated rings. The fourth-order valence-electron chi connectivity index (χ4n) is 4.57. The molecule has 26 heavy (non-hydrogen) atoms. The van der Waals surface area contributed by atoms with E-state index in [4.69, 9.17) is 16.3 Å². The third kappa shape index (κ3) is 3.42. The van der Waals surface area contributed by atoms with Gasteiger partial charge >= 0.3 is 0 Å². The fraction of sp³-hybridized carbons (Fsp3) is 0.524. The smallest absolute Gasteiger partial charge is 0.148 e. The quantitative estimate of drug-likeness (QED) is 0.787. The molecule has 2 aliphatic heterocycles. The number of fused-ring (bicyclic) bond motifs is 3. The second kappa shape index (κ2) is 7.71. The van der Waals surface area contributed by atoms with Gasteiger partial charge < -0.3 is 15.4 Å². The summed E-state index contributed by atoms with van der Waals surface area (Å²) < 4.78 is 21.2. The van der Waals surface area contributed by atoms with Gasteiger partial charge in [-0.05, 0) is 37.9 Å². The van der Waals surface area contributed by atoms with Gasteiger partial charge in [-0.25, -0.2) is 4.39 Å². The largest absolute Gasteiger partial charge is 0.379 e. The van der Waals surface area contributed by atoms with E-state index in [1.54, 1.807) is 0 Å². The van der Waals surface area contributed by atoms with Gasteiger partial charge in [0.25, 0.3) is 0 Å². The summed E-state index contributed by atoms with van der Waals surface area (Å²) in [7, 11) is 0. The number of hydrogen-bond donors (Lipinski definition) is 2. The average molecular weight is 377 g/mol. The highest BCUT2D eigenvalue weighted by atomic mass is 35.5. The maximum Gasteiger partial charge on any atom is 0.148 e. The van der Waals surface area contributed by atoms with E-state index < -0.39 is 0 Å². The SMILES string of the molecule is CCNC[C@H]1CC[C@@H]2[C@H](O1)c1cc(Cl)cc(F)c1N[C@H]2C1C=CC=CC1. The molecule has 0 aromatic heterocycles. The van der Waals surface area contributed by atoms with Gasteiger partial charge in [0, 0.05) is 35.0 Å². The first-order valence-electron chi connectivity index (χ1n) is 9.62. The van der Waals surface area contributed by atoms with Crippen LogP contribution in [-0.4, -0.2) is 25.2 Å². The number of hydrogen-bond acceptors (Lipinski definition) is 3. The minimum atomic E-state index is -0.288. The van der Waals surface area contributed by atoms with Gasteiger partial charge in [0.05, 0.1) is 17.9 Å². The van der Waals surface area contributed by atoms with Gasteiger partial charge in [-0.3, -0.25) is 0 Å². The predicted octanol–water partition coefficient (Wildman–Crippen LogP) is 4.85. The van der Waals surface area contributed by atoms with Crippen LogP contribution in [0.1, 0.15) is 37.9 Å². The molecule has 2 heterocycles. The van der Waals surface area contributed by atoms with Crippen LogP contribution in [0.3, 0.4) is 0 Å². The first-order chi connectivity index (χ1) is 12.7. The Bertz CT molecular complexity index is 720. The molecule has 3 aliphatic rings. The summed E-state index contributed by atoms with van der Waals surface area (Å²) in [5, 5.41) is 7.31. The Hall–Kier alpha value is -1.36. The van der Waals surface area contributed by atoms with Gasteiger partial charge in [-0.2, -0.15) is 0 Å². The molecule has 5 heteroatoms. The number of allylic oxidation sites excluding steroid dienone is 3. The Balaban J connectivity index is 1.67. The van der Waals surface area contributed by atoms with Crippen molar-refractivity contribution in [2.75, 3.05) is 18.4 Å². The maximum absolute atomic E-state index is 14.7. The first-order valence-corrected chi connectivity index (χ1v) is 10.00. The Labute approximate surface area is 159 Å². The van der Waals surface area contributed by atoms with E-state index in [1.165, 1.54) is 6.07 Å². The van der Waals surface area contributed by atoms with Crippen LogP contribution in [0.4, 0.5) is 10.1 Å². The first kappa shape index (κ1) is 18.0. The van der Waals surface area contributed by atoms with Crippen LogP contribution in [-0.2, 0) is 4.74 Å². The lowest BCUT2D eigenvalue weighted by atomic mass is 9.73. The number of anilines is 1. The molecule has 0 spiro atoms. The lowest BCUT2D eigenvalue weighted by Gasteiger charge is -2.47. The van der Waals surface area contributed by atoms with Crippen LogP contribution in [0.15, 0.2) is 36.4 Å². The molecule has 140 valence electrons. The molecule has 0 bridgehead atoms. The van der Waals surface area contributed by atoms with Crippen molar-refractivity contribution >= 4 is 17.3 Å². The van der Waals surface area contributed by atoms with Crippen molar-refractivity contribution in [2.45, 2.75) is 44.4 Å². The van der Waals surface area contributed by atoms with E-state index in [9.17, 15) is 4.39 Å². The van der Waals surface area contributed by atoms with Crippen molar-refractivity contribution < 1.29 is 9.13 Å². The zero-order chi connectivity index (χ0) is 18.1. The van der Waals surface area contributed by atoms with Crippen molar-refractivity contribution in [3.05, 3.63) is 52.8 Å². The van der Waals surface area contributed by atoms with Crippen LogP contribution in [0.2, 0.25) is 5.02 Å². The van der Waals surface area contributed by atoms with Crippen molar-refractivity contribution in [3.8, 4) is 0 Å². The minimum Gasteiger partial charge on any atom is -0.379 e. The van der Waals surface area contributed by atoms with Gasteiger partial charge in [-0.1, -0.05) is 42.8 Å². The molecule has 0 saturated carbocycles. The number of rotatable bonds is 4. The average Bonchev–Trinajstić information content (AvgIpc) is 2.66. The number of benzene rings is 1. The summed E-state index contributed by atoms with van der Waals surface area (Å²) in [5.41, 5.74) is 1.43. The zero-order valence-corrected chi connectivity index (χ0v) is 15.8. The Kier molecular flexibility index (Phi) is 5.35. The molecule has 3 nitrogen and oxygen atoms in total. The highest BCUT2D eigenvalue weighted by Crippen LogP contribution is 2.49. The van der Waals surface area contributed by atoms with Crippen LogP contribution in [0, 0.1) is 17.7 Å². The standard InChI is InChI=1S/C21H26ClFN2O/c1-2-24-12-15-8-9-16-19(13-6-4-3-5-7-13)25-20-17(21(16)26-15)10-14(22)11-18(20)23/h3-6,10-11,13,15-16,19,21,24-25H,2,7-9,12H2,1H3/t13?,15-,16+,19+,21+/m1/s1. The molecule has 1 saturated heterocycles. The van der Waals surface area contributed by atoms with Gasteiger partial charge in [0.1, 0.15) is 5.82 Å². The normalized spacial score (nSPS) is 32.7. The molecule has 2 N–H and O–H groups in total. The van der Waals surface area contributed by atoms with E-state index in [2.05, 4.69) is 41.9 Å². The summed E-state index contributed by atoms with van der Waals surface area (Å²) in [6.45, 7) is 3.86. The molecule has 0 radical (unpaired) electrons. The molecule has 5 atom stereocenters. The maximum atomic E-state index is 14.7. The molecule has 0 amide bonds. The molecule has 1 aromatic carbocycles. The Morgan fingerprint density at radius 2 is 2.19 bits per heavy atom. The lowest BCUT2D eigenvalue weighted by Crippen LogP contribution is -2.48. The van der Waals surface area contributed by atoms with Crippen molar-refractivity contribution in [1.29, 1.82) is 0 Å². The minimum absolute atomic E-state index is 0.110. The summed E-state index contributed by atoms with van der Waals surface area (Å²) in [6.07, 6.45) is 11.7.